The van der Waals surface area contributed by atoms with Gasteiger partial charge in [-0.3, -0.25) is 9.69 Å². The van der Waals surface area contributed by atoms with Gasteiger partial charge in [-0.1, -0.05) is 35.4 Å². The van der Waals surface area contributed by atoms with Crippen LogP contribution in [0.1, 0.15) is 36.8 Å². The summed E-state index contributed by atoms with van der Waals surface area (Å²) in [4.78, 5) is 19.7. The van der Waals surface area contributed by atoms with Crippen LogP contribution in [0.25, 0.3) is 0 Å². The van der Waals surface area contributed by atoms with Crippen molar-refractivity contribution in [1.82, 2.24) is 9.80 Å². The summed E-state index contributed by atoms with van der Waals surface area (Å²) in [5, 5.41) is 3.62. The van der Waals surface area contributed by atoms with E-state index in [1.54, 1.807) is 0 Å². The van der Waals surface area contributed by atoms with Crippen molar-refractivity contribution in [1.29, 1.82) is 0 Å². The normalized spacial score (nSPS) is 18.1. The Kier molecular flexibility index (Phi) is 7.69. The SMILES string of the molecule is Cc1ccc(NC2CCN(C(=O)CCCN3CCN(c4ccc(C)cc4)CC3)CC2)cc1. The number of carbonyl (C=O) groups is 1. The second-order valence-electron chi connectivity index (χ2n) is 9.43. The van der Waals surface area contributed by atoms with Crippen LogP contribution < -0.4 is 10.2 Å². The first kappa shape index (κ1) is 22.7. The number of rotatable bonds is 7. The molecule has 0 spiro atoms. The summed E-state index contributed by atoms with van der Waals surface area (Å²) in [7, 11) is 0. The van der Waals surface area contributed by atoms with Gasteiger partial charge in [-0.25, -0.2) is 0 Å². The number of hydrogen-bond acceptors (Lipinski definition) is 4. The third-order valence-electron chi connectivity index (χ3n) is 6.91. The van der Waals surface area contributed by atoms with Gasteiger partial charge in [0.1, 0.15) is 0 Å². The average molecular weight is 435 g/mol. The molecule has 1 amide bonds. The minimum absolute atomic E-state index is 0.331. The van der Waals surface area contributed by atoms with E-state index in [2.05, 4.69) is 82.4 Å². The molecule has 1 N–H and O–H groups in total. The van der Waals surface area contributed by atoms with Gasteiger partial charge < -0.3 is 15.1 Å². The van der Waals surface area contributed by atoms with Crippen molar-refractivity contribution in [2.75, 3.05) is 56.0 Å². The minimum Gasteiger partial charge on any atom is -0.382 e. The molecular weight excluding hydrogens is 396 g/mol. The lowest BCUT2D eigenvalue weighted by atomic mass is 10.0. The molecule has 4 rings (SSSR count). The molecule has 2 aromatic carbocycles. The first-order chi connectivity index (χ1) is 15.6. The fraction of sp³-hybridized carbons (Fsp3) is 0.519. The molecule has 0 saturated carbocycles. The van der Waals surface area contributed by atoms with E-state index < -0.39 is 0 Å². The summed E-state index contributed by atoms with van der Waals surface area (Å²) >= 11 is 0. The van der Waals surface area contributed by atoms with E-state index in [4.69, 9.17) is 0 Å². The van der Waals surface area contributed by atoms with Crippen LogP contribution in [0, 0.1) is 13.8 Å². The van der Waals surface area contributed by atoms with Crippen molar-refractivity contribution in [2.24, 2.45) is 0 Å². The number of aryl methyl sites for hydroxylation is 2. The van der Waals surface area contributed by atoms with Gasteiger partial charge in [0.05, 0.1) is 0 Å². The Hall–Kier alpha value is -2.53. The standard InChI is InChI=1S/C27H38N4O/c1-22-5-9-24(10-6-22)28-25-13-16-31(17-14-25)27(32)4-3-15-29-18-20-30(21-19-29)26-11-7-23(2)8-12-26/h5-12,25,28H,3-4,13-21H2,1-2H3. The van der Waals surface area contributed by atoms with Gasteiger partial charge >= 0.3 is 0 Å². The van der Waals surface area contributed by atoms with Gasteiger partial charge in [-0.2, -0.15) is 0 Å². The lowest BCUT2D eigenvalue weighted by Crippen LogP contribution is -2.47. The number of carbonyl (C=O) groups excluding carboxylic acids is 1. The minimum atomic E-state index is 0.331. The molecule has 5 heteroatoms. The Bertz CT molecular complexity index is 848. The first-order valence-electron chi connectivity index (χ1n) is 12.2. The highest BCUT2D eigenvalue weighted by atomic mass is 16.2. The molecule has 172 valence electrons. The van der Waals surface area contributed by atoms with E-state index in [1.165, 1.54) is 22.5 Å². The molecule has 32 heavy (non-hydrogen) atoms. The smallest absolute Gasteiger partial charge is 0.222 e. The van der Waals surface area contributed by atoms with E-state index in [0.29, 0.717) is 18.4 Å². The average Bonchev–Trinajstić information content (AvgIpc) is 2.82. The summed E-state index contributed by atoms with van der Waals surface area (Å²) in [6.45, 7) is 11.3. The van der Waals surface area contributed by atoms with Gasteiger partial charge in [0.2, 0.25) is 5.91 Å². The number of nitrogens with one attached hydrogen (secondary N) is 1. The molecule has 0 aromatic heterocycles. The van der Waals surface area contributed by atoms with Gasteiger partial charge in [0.15, 0.2) is 0 Å². The third-order valence-corrected chi connectivity index (χ3v) is 6.91. The van der Waals surface area contributed by atoms with Gasteiger partial charge in [0.25, 0.3) is 0 Å². The van der Waals surface area contributed by atoms with Crippen molar-refractivity contribution in [3.63, 3.8) is 0 Å². The highest BCUT2D eigenvalue weighted by molar-refractivity contribution is 5.76. The number of hydrogen-bond donors (Lipinski definition) is 1. The van der Waals surface area contributed by atoms with Crippen LogP contribution >= 0.6 is 0 Å². The number of amides is 1. The Morgan fingerprint density at radius 1 is 0.844 bits per heavy atom. The Morgan fingerprint density at radius 2 is 1.44 bits per heavy atom. The Morgan fingerprint density at radius 3 is 2.06 bits per heavy atom. The summed E-state index contributed by atoms with van der Waals surface area (Å²) < 4.78 is 0. The van der Waals surface area contributed by atoms with Crippen LogP contribution in [0.15, 0.2) is 48.5 Å². The third kappa shape index (κ3) is 6.26. The van der Waals surface area contributed by atoms with Crippen molar-refractivity contribution in [3.8, 4) is 0 Å². The van der Waals surface area contributed by atoms with Crippen molar-refractivity contribution < 1.29 is 4.79 Å². The van der Waals surface area contributed by atoms with Crippen LogP contribution in [0.5, 0.6) is 0 Å². The fourth-order valence-electron chi connectivity index (χ4n) is 4.76. The molecule has 0 aliphatic carbocycles. The largest absolute Gasteiger partial charge is 0.382 e. The van der Waals surface area contributed by atoms with Crippen LogP contribution in [-0.2, 0) is 4.79 Å². The summed E-state index contributed by atoms with van der Waals surface area (Å²) in [6, 6.07) is 17.9. The maximum Gasteiger partial charge on any atom is 0.222 e. The van der Waals surface area contributed by atoms with Crippen molar-refractivity contribution in [2.45, 2.75) is 45.6 Å². The predicted octanol–water partition coefficient (Wildman–Crippen LogP) is 4.31. The van der Waals surface area contributed by atoms with Crippen LogP contribution in [0.4, 0.5) is 11.4 Å². The summed E-state index contributed by atoms with van der Waals surface area (Å²) in [6.07, 6.45) is 3.69. The van der Waals surface area contributed by atoms with E-state index in [9.17, 15) is 4.79 Å². The van der Waals surface area contributed by atoms with E-state index in [0.717, 1.165) is 65.1 Å². The highest BCUT2D eigenvalue weighted by Crippen LogP contribution is 2.19. The second-order valence-corrected chi connectivity index (χ2v) is 9.43. The van der Waals surface area contributed by atoms with Gasteiger partial charge in [-0.05, 0) is 63.9 Å². The summed E-state index contributed by atoms with van der Waals surface area (Å²) in [5.74, 6) is 0.331. The Labute approximate surface area is 193 Å². The highest BCUT2D eigenvalue weighted by Gasteiger charge is 2.23. The molecule has 0 bridgehead atoms. The number of piperazine rings is 1. The monoisotopic (exact) mass is 434 g/mol. The molecule has 2 aliphatic heterocycles. The zero-order valence-electron chi connectivity index (χ0n) is 19.7. The topological polar surface area (TPSA) is 38.8 Å². The number of likely N-dealkylation sites (tertiary alicyclic amines) is 1. The molecule has 2 aliphatic rings. The zero-order chi connectivity index (χ0) is 22.3. The second kappa shape index (κ2) is 10.9. The Balaban J connectivity index is 1.11. The molecule has 5 nitrogen and oxygen atoms in total. The molecule has 2 aromatic rings. The van der Waals surface area contributed by atoms with Crippen LogP contribution in [0.2, 0.25) is 0 Å². The molecule has 2 heterocycles. The predicted molar refractivity (Wildman–Crippen MR) is 133 cm³/mol. The number of piperidine rings is 1. The maximum atomic E-state index is 12.7. The maximum absolute atomic E-state index is 12.7. The lowest BCUT2D eigenvalue weighted by molar-refractivity contribution is -0.132. The summed E-state index contributed by atoms with van der Waals surface area (Å²) in [5.41, 5.74) is 5.10. The van der Waals surface area contributed by atoms with E-state index in [-0.39, 0.29) is 0 Å². The number of anilines is 2. The fourth-order valence-corrected chi connectivity index (χ4v) is 4.76. The van der Waals surface area contributed by atoms with Crippen molar-refractivity contribution in [3.05, 3.63) is 59.7 Å². The van der Waals surface area contributed by atoms with E-state index in [1.807, 2.05) is 0 Å². The van der Waals surface area contributed by atoms with Crippen LogP contribution in [0.3, 0.4) is 0 Å². The number of nitrogens with zero attached hydrogens (tertiary/aromatic N) is 3. The van der Waals surface area contributed by atoms with Crippen molar-refractivity contribution >= 4 is 17.3 Å². The van der Waals surface area contributed by atoms with Gasteiger partial charge in [-0.15, -0.1) is 0 Å². The van der Waals surface area contributed by atoms with E-state index >= 15 is 0 Å². The number of benzene rings is 2. The lowest BCUT2D eigenvalue weighted by Gasteiger charge is -2.36. The van der Waals surface area contributed by atoms with Crippen LogP contribution in [-0.4, -0.2) is 67.6 Å². The molecule has 0 atom stereocenters. The quantitative estimate of drug-likeness (QED) is 0.705. The first-order valence-corrected chi connectivity index (χ1v) is 12.2. The molecule has 0 radical (unpaired) electrons. The molecule has 2 fully saturated rings. The molecule has 0 unspecified atom stereocenters. The van der Waals surface area contributed by atoms with Gasteiger partial charge in [0, 0.05) is 63.1 Å². The zero-order valence-corrected chi connectivity index (χ0v) is 19.7. The molecule has 2 saturated heterocycles. The molecular formula is C27H38N4O.